The molecule has 2 aromatic rings. The highest BCUT2D eigenvalue weighted by Crippen LogP contribution is 2.26. The molecule has 0 saturated carbocycles. The lowest BCUT2D eigenvalue weighted by molar-refractivity contribution is 0.0685. The predicted octanol–water partition coefficient (Wildman–Crippen LogP) is 1.72. The first-order valence-corrected chi connectivity index (χ1v) is 5.26. The van der Waals surface area contributed by atoms with Gasteiger partial charge < -0.3 is 5.11 Å². The molecular weight excluding hydrogens is 226 g/mol. The zero-order chi connectivity index (χ0) is 11.7. The van der Waals surface area contributed by atoms with E-state index in [2.05, 4.69) is 5.10 Å². The second-order valence-corrected chi connectivity index (χ2v) is 4.07. The van der Waals surface area contributed by atoms with Gasteiger partial charge in [0.2, 0.25) is 0 Å². The van der Waals surface area contributed by atoms with E-state index < -0.39 is 5.97 Å². The molecule has 6 heteroatoms. The Balaban J connectivity index is 2.46. The number of hydrogen-bond acceptors (Lipinski definition) is 4. The fourth-order valence-corrected chi connectivity index (χ4v) is 2.11. The van der Waals surface area contributed by atoms with Gasteiger partial charge in [0, 0.05) is 12.4 Å². The van der Waals surface area contributed by atoms with E-state index in [1.165, 1.54) is 22.1 Å². The highest BCUT2D eigenvalue weighted by molar-refractivity contribution is 7.13. The molecule has 5 nitrogen and oxygen atoms in total. The molecule has 0 radical (unpaired) electrons. The van der Waals surface area contributed by atoms with Gasteiger partial charge in [-0.25, -0.2) is 4.79 Å². The summed E-state index contributed by atoms with van der Waals surface area (Å²) in [5.41, 5.74) is 1.26. The SMILES string of the molecule is Cn1nc(-c2cc(C#N)cs2)cc1C(=O)O. The van der Waals surface area contributed by atoms with Gasteiger partial charge in [-0.05, 0) is 12.1 Å². The average Bonchev–Trinajstić information content (AvgIpc) is 2.83. The highest BCUT2D eigenvalue weighted by Gasteiger charge is 2.13. The van der Waals surface area contributed by atoms with Gasteiger partial charge in [0.15, 0.2) is 0 Å². The number of aromatic nitrogens is 2. The lowest BCUT2D eigenvalue weighted by Crippen LogP contribution is -2.04. The highest BCUT2D eigenvalue weighted by atomic mass is 32.1. The van der Waals surface area contributed by atoms with Gasteiger partial charge in [-0.1, -0.05) is 0 Å². The minimum Gasteiger partial charge on any atom is -0.477 e. The largest absolute Gasteiger partial charge is 0.477 e. The third-order valence-electron chi connectivity index (χ3n) is 2.08. The molecule has 0 spiro atoms. The number of carbonyl (C=O) groups is 1. The van der Waals surface area contributed by atoms with Crippen molar-refractivity contribution in [2.24, 2.45) is 7.05 Å². The third-order valence-corrected chi connectivity index (χ3v) is 3.03. The van der Waals surface area contributed by atoms with E-state index in [-0.39, 0.29) is 5.69 Å². The maximum absolute atomic E-state index is 10.8. The smallest absolute Gasteiger partial charge is 0.354 e. The van der Waals surface area contributed by atoms with Crippen molar-refractivity contribution in [1.29, 1.82) is 5.26 Å². The number of aryl methyl sites for hydroxylation is 1. The first kappa shape index (κ1) is 10.4. The molecule has 0 aromatic carbocycles. The second-order valence-electron chi connectivity index (χ2n) is 3.16. The van der Waals surface area contributed by atoms with Crippen molar-refractivity contribution in [2.75, 3.05) is 0 Å². The van der Waals surface area contributed by atoms with Crippen LogP contribution in [0, 0.1) is 11.3 Å². The maximum Gasteiger partial charge on any atom is 0.354 e. The molecule has 0 unspecified atom stereocenters. The van der Waals surface area contributed by atoms with Crippen LogP contribution in [0.4, 0.5) is 0 Å². The molecule has 80 valence electrons. The van der Waals surface area contributed by atoms with Crippen LogP contribution in [0.25, 0.3) is 10.6 Å². The fraction of sp³-hybridized carbons (Fsp3) is 0.100. The number of rotatable bonds is 2. The Bertz CT molecular complexity index is 591. The van der Waals surface area contributed by atoms with Crippen molar-refractivity contribution in [1.82, 2.24) is 9.78 Å². The lowest BCUT2D eigenvalue weighted by Gasteiger charge is -1.91. The molecule has 0 amide bonds. The summed E-state index contributed by atoms with van der Waals surface area (Å²) in [6.07, 6.45) is 0. The summed E-state index contributed by atoms with van der Waals surface area (Å²) in [6, 6.07) is 5.21. The minimum atomic E-state index is -1.02. The summed E-state index contributed by atoms with van der Waals surface area (Å²) in [7, 11) is 1.58. The summed E-state index contributed by atoms with van der Waals surface area (Å²) in [5.74, 6) is -1.02. The molecule has 0 aliphatic rings. The van der Waals surface area contributed by atoms with Crippen LogP contribution in [-0.4, -0.2) is 20.9 Å². The number of carboxylic acid groups (broad SMARTS) is 1. The summed E-state index contributed by atoms with van der Waals surface area (Å²) < 4.78 is 1.31. The normalized spacial score (nSPS) is 10.0. The van der Waals surface area contributed by atoms with Gasteiger partial charge >= 0.3 is 5.97 Å². The van der Waals surface area contributed by atoms with E-state index in [0.29, 0.717) is 11.3 Å². The van der Waals surface area contributed by atoms with Crippen molar-refractivity contribution < 1.29 is 9.90 Å². The van der Waals surface area contributed by atoms with Gasteiger partial charge in [-0.3, -0.25) is 4.68 Å². The van der Waals surface area contributed by atoms with Crippen LogP contribution < -0.4 is 0 Å². The Hall–Kier alpha value is -2.13. The summed E-state index contributed by atoms with van der Waals surface area (Å²) >= 11 is 1.37. The molecule has 0 aliphatic carbocycles. The molecule has 2 heterocycles. The van der Waals surface area contributed by atoms with Gasteiger partial charge in [-0.15, -0.1) is 11.3 Å². The molecular formula is C10H7N3O2S. The standard InChI is InChI=1S/C10H7N3O2S/c1-13-8(10(14)15)3-7(12-13)9-2-6(4-11)5-16-9/h2-3,5H,1H3,(H,14,15). The number of aromatic carboxylic acids is 1. The molecule has 1 N–H and O–H groups in total. The van der Waals surface area contributed by atoms with Crippen molar-refractivity contribution in [2.45, 2.75) is 0 Å². The first-order valence-electron chi connectivity index (χ1n) is 4.38. The molecule has 0 aliphatic heterocycles. The average molecular weight is 233 g/mol. The summed E-state index contributed by atoms with van der Waals surface area (Å²) in [6.45, 7) is 0. The molecule has 2 rings (SSSR count). The first-order chi connectivity index (χ1) is 7.61. The molecule has 0 fully saturated rings. The van der Waals surface area contributed by atoms with E-state index >= 15 is 0 Å². The van der Waals surface area contributed by atoms with Crippen molar-refractivity contribution in [3.05, 3.63) is 28.8 Å². The number of nitriles is 1. The Labute approximate surface area is 95.2 Å². The lowest BCUT2D eigenvalue weighted by atomic mass is 10.2. The van der Waals surface area contributed by atoms with Gasteiger partial charge in [0.1, 0.15) is 17.5 Å². The minimum absolute atomic E-state index is 0.127. The topological polar surface area (TPSA) is 78.9 Å². The monoisotopic (exact) mass is 233 g/mol. The van der Waals surface area contributed by atoms with Crippen molar-refractivity contribution in [3.8, 4) is 16.6 Å². The predicted molar refractivity (Wildman–Crippen MR) is 58.2 cm³/mol. The quantitative estimate of drug-likeness (QED) is 0.856. The van der Waals surface area contributed by atoms with Gasteiger partial charge in [0.25, 0.3) is 0 Å². The summed E-state index contributed by atoms with van der Waals surface area (Å²) in [4.78, 5) is 11.6. The molecule has 0 bridgehead atoms. The van der Waals surface area contributed by atoms with E-state index in [1.54, 1.807) is 18.5 Å². The summed E-state index contributed by atoms with van der Waals surface area (Å²) in [5, 5.41) is 23.3. The van der Waals surface area contributed by atoms with Crippen molar-refractivity contribution in [3.63, 3.8) is 0 Å². The zero-order valence-electron chi connectivity index (χ0n) is 8.34. The molecule has 16 heavy (non-hydrogen) atoms. The second kappa shape index (κ2) is 3.79. The number of carboxylic acids is 1. The molecule has 0 saturated heterocycles. The number of hydrogen-bond donors (Lipinski definition) is 1. The van der Waals surface area contributed by atoms with E-state index in [0.717, 1.165) is 4.88 Å². The van der Waals surface area contributed by atoms with Crippen LogP contribution in [0.15, 0.2) is 17.5 Å². The molecule has 0 atom stereocenters. The van der Waals surface area contributed by atoms with Crippen LogP contribution in [0.1, 0.15) is 16.1 Å². The van der Waals surface area contributed by atoms with E-state index in [1.807, 2.05) is 6.07 Å². The van der Waals surface area contributed by atoms with E-state index in [4.69, 9.17) is 10.4 Å². The van der Waals surface area contributed by atoms with Crippen LogP contribution >= 0.6 is 11.3 Å². The van der Waals surface area contributed by atoms with Crippen LogP contribution in [0.3, 0.4) is 0 Å². The Morgan fingerprint density at radius 3 is 2.88 bits per heavy atom. The molecule has 2 aromatic heterocycles. The maximum atomic E-state index is 10.8. The van der Waals surface area contributed by atoms with Crippen LogP contribution in [0.2, 0.25) is 0 Å². The number of thiophene rings is 1. The fourth-order valence-electron chi connectivity index (χ4n) is 1.32. The Kier molecular flexibility index (Phi) is 2.46. The van der Waals surface area contributed by atoms with Crippen LogP contribution in [-0.2, 0) is 7.05 Å². The Morgan fingerprint density at radius 2 is 2.38 bits per heavy atom. The van der Waals surface area contributed by atoms with Crippen LogP contribution in [0.5, 0.6) is 0 Å². The third kappa shape index (κ3) is 1.68. The van der Waals surface area contributed by atoms with E-state index in [9.17, 15) is 4.79 Å². The van der Waals surface area contributed by atoms with Gasteiger partial charge in [-0.2, -0.15) is 10.4 Å². The zero-order valence-corrected chi connectivity index (χ0v) is 9.15. The Morgan fingerprint density at radius 1 is 1.62 bits per heavy atom. The number of nitrogens with zero attached hydrogens (tertiary/aromatic N) is 3. The van der Waals surface area contributed by atoms with Gasteiger partial charge in [0.05, 0.1) is 10.4 Å². The van der Waals surface area contributed by atoms with Crippen molar-refractivity contribution >= 4 is 17.3 Å².